The zero-order valence-corrected chi connectivity index (χ0v) is 14.5. The minimum Gasteiger partial charge on any atom is -0.383 e. The largest absolute Gasteiger partial charge is 0.383 e. The van der Waals surface area contributed by atoms with Crippen LogP contribution in [0.3, 0.4) is 0 Å². The number of aromatic nitrogens is 2. The summed E-state index contributed by atoms with van der Waals surface area (Å²) in [6.45, 7) is 5.53. The maximum absolute atomic E-state index is 11.9. The first kappa shape index (κ1) is 16.3. The summed E-state index contributed by atoms with van der Waals surface area (Å²) in [5, 5.41) is 0. The highest BCUT2D eigenvalue weighted by molar-refractivity contribution is 5.36. The summed E-state index contributed by atoms with van der Waals surface area (Å²) in [6.07, 6.45) is 2.68. The third kappa shape index (κ3) is 3.07. The van der Waals surface area contributed by atoms with Crippen LogP contribution in [0.25, 0.3) is 5.69 Å². The fourth-order valence-electron chi connectivity index (χ4n) is 4.27. The number of benzene rings is 1. The highest BCUT2D eigenvalue weighted by atomic mass is 16.1. The fraction of sp³-hybridized carbons (Fsp3) is 0.474. The third-order valence-corrected chi connectivity index (χ3v) is 5.87. The molecule has 1 saturated heterocycles. The Labute approximate surface area is 147 Å². The van der Waals surface area contributed by atoms with Gasteiger partial charge >= 0.3 is 5.69 Å². The lowest BCUT2D eigenvalue weighted by molar-refractivity contribution is 0.220. The van der Waals surface area contributed by atoms with Crippen LogP contribution < -0.4 is 17.2 Å². The summed E-state index contributed by atoms with van der Waals surface area (Å²) in [5.74, 6) is 2.68. The minimum absolute atomic E-state index is 0.243. The standard InChI is InChI=1S/C19H25N5O/c1-12(23-10-16-15(9-20)17(16)11-23)8-13-2-4-14(5-3-13)24-7-6-18(21)22-19(24)25/h2-7,12,15-17H,8-11,20H2,1H3,(H2,21,22,25). The lowest BCUT2D eigenvalue weighted by Crippen LogP contribution is -2.35. The molecule has 4 N–H and O–H groups in total. The second-order valence-electron chi connectivity index (χ2n) is 7.41. The first-order valence-electron chi connectivity index (χ1n) is 8.95. The zero-order valence-electron chi connectivity index (χ0n) is 14.5. The summed E-state index contributed by atoms with van der Waals surface area (Å²) in [5.41, 5.74) is 13.1. The van der Waals surface area contributed by atoms with Crippen LogP contribution in [0, 0.1) is 17.8 Å². The van der Waals surface area contributed by atoms with Crippen LogP contribution >= 0.6 is 0 Å². The molecule has 1 aromatic carbocycles. The first-order chi connectivity index (χ1) is 12.1. The molecule has 1 aromatic heterocycles. The van der Waals surface area contributed by atoms with Gasteiger partial charge in [0, 0.05) is 25.3 Å². The molecule has 132 valence electrons. The lowest BCUT2D eigenvalue weighted by atomic mass is 10.0. The van der Waals surface area contributed by atoms with Crippen LogP contribution in [0.2, 0.25) is 0 Å². The van der Waals surface area contributed by atoms with Crippen LogP contribution in [0.5, 0.6) is 0 Å². The van der Waals surface area contributed by atoms with Gasteiger partial charge in [-0.15, -0.1) is 0 Å². The predicted molar refractivity (Wildman–Crippen MR) is 98.5 cm³/mol. The predicted octanol–water partition coefficient (Wildman–Crippen LogP) is 0.882. The highest BCUT2D eigenvalue weighted by Gasteiger charge is 2.54. The van der Waals surface area contributed by atoms with Gasteiger partial charge in [-0.3, -0.25) is 9.47 Å². The Morgan fingerprint density at radius 3 is 2.48 bits per heavy atom. The maximum Gasteiger partial charge on any atom is 0.354 e. The lowest BCUT2D eigenvalue weighted by Gasteiger charge is -2.27. The van der Waals surface area contributed by atoms with Crippen molar-refractivity contribution in [2.75, 3.05) is 25.4 Å². The van der Waals surface area contributed by atoms with Crippen molar-refractivity contribution < 1.29 is 0 Å². The molecule has 3 unspecified atom stereocenters. The van der Waals surface area contributed by atoms with Crippen molar-refractivity contribution in [1.29, 1.82) is 0 Å². The van der Waals surface area contributed by atoms with Crippen molar-refractivity contribution in [2.45, 2.75) is 19.4 Å². The first-order valence-corrected chi connectivity index (χ1v) is 8.95. The zero-order chi connectivity index (χ0) is 17.6. The van der Waals surface area contributed by atoms with Gasteiger partial charge in [-0.2, -0.15) is 4.98 Å². The number of rotatable bonds is 5. The molecular weight excluding hydrogens is 314 g/mol. The van der Waals surface area contributed by atoms with E-state index in [1.54, 1.807) is 12.3 Å². The summed E-state index contributed by atoms with van der Waals surface area (Å²) in [4.78, 5) is 18.3. The molecule has 3 atom stereocenters. The maximum atomic E-state index is 11.9. The molecule has 0 amide bonds. The van der Waals surface area contributed by atoms with Gasteiger partial charge in [0.2, 0.25) is 0 Å². The fourth-order valence-corrected chi connectivity index (χ4v) is 4.27. The van der Waals surface area contributed by atoms with Crippen molar-refractivity contribution in [1.82, 2.24) is 14.5 Å². The molecule has 1 aliphatic carbocycles. The summed E-state index contributed by atoms with van der Waals surface area (Å²) >= 11 is 0. The number of fused-ring (bicyclic) bond motifs is 1. The summed E-state index contributed by atoms with van der Waals surface area (Å²) in [7, 11) is 0. The molecule has 1 saturated carbocycles. The van der Waals surface area contributed by atoms with Gasteiger partial charge in [-0.05, 0) is 61.4 Å². The summed E-state index contributed by atoms with van der Waals surface area (Å²) in [6, 6.07) is 10.3. The second-order valence-corrected chi connectivity index (χ2v) is 7.41. The Morgan fingerprint density at radius 1 is 1.20 bits per heavy atom. The minimum atomic E-state index is -0.355. The molecule has 2 aliphatic rings. The van der Waals surface area contributed by atoms with E-state index >= 15 is 0 Å². The Hall–Kier alpha value is -2.18. The molecule has 4 rings (SSSR count). The van der Waals surface area contributed by atoms with Crippen LogP contribution in [0.1, 0.15) is 12.5 Å². The van der Waals surface area contributed by atoms with Gasteiger partial charge in [0.05, 0.1) is 5.69 Å². The normalized spacial score (nSPS) is 26.4. The second kappa shape index (κ2) is 6.28. The molecule has 25 heavy (non-hydrogen) atoms. The van der Waals surface area contributed by atoms with E-state index in [1.165, 1.54) is 23.2 Å². The topological polar surface area (TPSA) is 90.2 Å². The van der Waals surface area contributed by atoms with Gasteiger partial charge in [-0.1, -0.05) is 12.1 Å². The van der Waals surface area contributed by atoms with Crippen LogP contribution in [-0.2, 0) is 6.42 Å². The van der Waals surface area contributed by atoms with Gasteiger partial charge < -0.3 is 11.5 Å². The monoisotopic (exact) mass is 339 g/mol. The third-order valence-electron chi connectivity index (χ3n) is 5.87. The van der Waals surface area contributed by atoms with E-state index in [9.17, 15) is 4.79 Å². The number of nitrogens with zero attached hydrogens (tertiary/aromatic N) is 3. The highest BCUT2D eigenvalue weighted by Crippen LogP contribution is 2.51. The molecule has 0 spiro atoms. The van der Waals surface area contributed by atoms with Crippen molar-refractivity contribution in [2.24, 2.45) is 23.5 Å². The Balaban J connectivity index is 1.40. The molecule has 2 heterocycles. The molecular formula is C19H25N5O. The van der Waals surface area contributed by atoms with Crippen molar-refractivity contribution in [3.63, 3.8) is 0 Å². The molecule has 0 bridgehead atoms. The Bertz CT molecular complexity index is 803. The van der Waals surface area contributed by atoms with E-state index in [1.807, 2.05) is 12.1 Å². The van der Waals surface area contributed by atoms with Crippen LogP contribution in [0.15, 0.2) is 41.3 Å². The summed E-state index contributed by atoms with van der Waals surface area (Å²) < 4.78 is 1.50. The quantitative estimate of drug-likeness (QED) is 0.844. The Morgan fingerprint density at radius 2 is 1.88 bits per heavy atom. The van der Waals surface area contributed by atoms with E-state index in [4.69, 9.17) is 11.5 Å². The number of hydrogen-bond acceptors (Lipinski definition) is 5. The van der Waals surface area contributed by atoms with E-state index in [2.05, 4.69) is 28.9 Å². The molecule has 6 nitrogen and oxygen atoms in total. The molecule has 2 aromatic rings. The van der Waals surface area contributed by atoms with Gasteiger partial charge in [0.25, 0.3) is 0 Å². The van der Waals surface area contributed by atoms with E-state index in [0.717, 1.165) is 36.4 Å². The molecule has 6 heteroatoms. The van der Waals surface area contributed by atoms with Crippen molar-refractivity contribution >= 4 is 5.82 Å². The number of nitrogens with two attached hydrogens (primary N) is 2. The number of nitrogen functional groups attached to an aromatic ring is 1. The van der Waals surface area contributed by atoms with Gasteiger partial charge in [-0.25, -0.2) is 4.79 Å². The van der Waals surface area contributed by atoms with Crippen LogP contribution in [0.4, 0.5) is 5.82 Å². The average molecular weight is 339 g/mol. The van der Waals surface area contributed by atoms with Crippen LogP contribution in [-0.4, -0.2) is 40.1 Å². The van der Waals surface area contributed by atoms with Crippen molar-refractivity contribution in [3.05, 3.63) is 52.6 Å². The van der Waals surface area contributed by atoms with E-state index < -0.39 is 0 Å². The van der Waals surface area contributed by atoms with E-state index in [0.29, 0.717) is 6.04 Å². The number of hydrogen-bond donors (Lipinski definition) is 2. The van der Waals surface area contributed by atoms with Crippen molar-refractivity contribution in [3.8, 4) is 5.69 Å². The SMILES string of the molecule is CC(Cc1ccc(-n2ccc(N)nc2=O)cc1)N1CC2C(CN)C2C1. The van der Waals surface area contributed by atoms with Gasteiger partial charge in [0.15, 0.2) is 0 Å². The number of anilines is 1. The van der Waals surface area contributed by atoms with E-state index in [-0.39, 0.29) is 11.5 Å². The molecule has 2 fully saturated rings. The average Bonchev–Trinajstić information content (AvgIpc) is 3.06. The number of piperidine rings is 1. The molecule has 1 aliphatic heterocycles. The molecule has 0 radical (unpaired) electrons. The van der Waals surface area contributed by atoms with Gasteiger partial charge in [0.1, 0.15) is 5.82 Å². The Kier molecular flexibility index (Phi) is 4.09. The number of likely N-dealkylation sites (tertiary alicyclic amines) is 1. The smallest absolute Gasteiger partial charge is 0.354 e.